The molecule has 1 unspecified atom stereocenters. The summed E-state index contributed by atoms with van der Waals surface area (Å²) >= 11 is 6.17. The second kappa shape index (κ2) is 5.92. The molecule has 26 heavy (non-hydrogen) atoms. The van der Waals surface area contributed by atoms with Crippen LogP contribution in [0.4, 0.5) is 0 Å². The van der Waals surface area contributed by atoms with Crippen LogP contribution in [0.5, 0.6) is 0 Å². The molecule has 0 aliphatic heterocycles. The Kier molecular flexibility index (Phi) is 3.54. The monoisotopic (exact) mass is 363 g/mol. The van der Waals surface area contributed by atoms with Gasteiger partial charge in [0.15, 0.2) is 0 Å². The zero-order chi connectivity index (χ0) is 17.7. The lowest BCUT2D eigenvalue weighted by Crippen LogP contribution is -2.30. The topological polar surface area (TPSA) is 60.7 Å². The minimum Gasteiger partial charge on any atom is -0.360 e. The standard InChI is InChI=1S/C21H18ClN3O/c22-12-8-9-18-15(10-12)14-5-3-7-19(20(14)24-18)25-21(26)16-11-23-17-6-2-1-4-13(16)17/h1-2,4,6,8-11,19,23-24H,3,5,7H2,(H,25,26). The molecule has 0 radical (unpaired) electrons. The Labute approximate surface area is 155 Å². The van der Waals surface area contributed by atoms with E-state index >= 15 is 0 Å². The highest BCUT2D eigenvalue weighted by Gasteiger charge is 2.26. The molecule has 1 amide bonds. The summed E-state index contributed by atoms with van der Waals surface area (Å²) in [7, 11) is 0. The molecule has 0 saturated heterocycles. The van der Waals surface area contributed by atoms with Crippen LogP contribution in [0.3, 0.4) is 0 Å². The van der Waals surface area contributed by atoms with Gasteiger partial charge in [-0.2, -0.15) is 0 Å². The second-order valence-corrected chi connectivity index (χ2v) is 7.31. The number of halogens is 1. The highest BCUT2D eigenvalue weighted by atomic mass is 35.5. The second-order valence-electron chi connectivity index (χ2n) is 6.87. The van der Waals surface area contributed by atoms with Crippen molar-refractivity contribution < 1.29 is 4.79 Å². The predicted molar refractivity (Wildman–Crippen MR) is 105 cm³/mol. The molecule has 2 aromatic carbocycles. The third-order valence-electron chi connectivity index (χ3n) is 5.31. The summed E-state index contributed by atoms with van der Waals surface area (Å²) < 4.78 is 0. The van der Waals surface area contributed by atoms with Crippen molar-refractivity contribution in [3.05, 3.63) is 70.5 Å². The van der Waals surface area contributed by atoms with E-state index in [4.69, 9.17) is 11.6 Å². The Hall–Kier alpha value is -2.72. The lowest BCUT2D eigenvalue weighted by molar-refractivity contribution is 0.0933. The van der Waals surface area contributed by atoms with Crippen molar-refractivity contribution in [1.82, 2.24) is 15.3 Å². The van der Waals surface area contributed by atoms with Gasteiger partial charge in [0, 0.05) is 38.7 Å². The minimum absolute atomic E-state index is 0.00825. The molecule has 0 saturated carbocycles. The lowest BCUT2D eigenvalue weighted by Gasteiger charge is -2.23. The van der Waals surface area contributed by atoms with Crippen molar-refractivity contribution in [3.8, 4) is 0 Å². The molecule has 2 aromatic heterocycles. The summed E-state index contributed by atoms with van der Waals surface area (Å²) in [6.07, 6.45) is 4.77. The van der Waals surface area contributed by atoms with Gasteiger partial charge in [0.25, 0.3) is 5.91 Å². The third kappa shape index (κ3) is 2.41. The highest BCUT2D eigenvalue weighted by Crippen LogP contribution is 2.36. The fraction of sp³-hybridized carbons (Fsp3) is 0.190. The van der Waals surface area contributed by atoms with Crippen molar-refractivity contribution in [2.24, 2.45) is 0 Å². The van der Waals surface area contributed by atoms with Crippen LogP contribution in [0.25, 0.3) is 21.8 Å². The van der Waals surface area contributed by atoms with Gasteiger partial charge >= 0.3 is 0 Å². The number of aromatic amines is 2. The third-order valence-corrected chi connectivity index (χ3v) is 5.54. The Bertz CT molecular complexity index is 1140. The van der Waals surface area contributed by atoms with Gasteiger partial charge in [0.2, 0.25) is 0 Å². The minimum atomic E-state index is -0.0445. The molecule has 4 nitrogen and oxygen atoms in total. The van der Waals surface area contributed by atoms with Crippen molar-refractivity contribution >= 4 is 39.3 Å². The number of aromatic nitrogens is 2. The van der Waals surface area contributed by atoms with E-state index in [1.54, 1.807) is 6.20 Å². The average molecular weight is 364 g/mol. The van der Waals surface area contributed by atoms with Crippen LogP contribution in [0.1, 0.15) is 40.5 Å². The summed E-state index contributed by atoms with van der Waals surface area (Å²) in [6.45, 7) is 0. The number of para-hydroxylation sites is 1. The summed E-state index contributed by atoms with van der Waals surface area (Å²) in [5, 5.41) is 6.08. The zero-order valence-corrected chi connectivity index (χ0v) is 14.9. The predicted octanol–water partition coefficient (Wildman–Crippen LogP) is 5.11. The summed E-state index contributed by atoms with van der Waals surface area (Å²) in [5.41, 5.74) is 5.13. The number of fused-ring (bicyclic) bond motifs is 4. The number of carbonyl (C=O) groups is 1. The van der Waals surface area contributed by atoms with Gasteiger partial charge in [0.1, 0.15) is 0 Å². The maximum Gasteiger partial charge on any atom is 0.253 e. The van der Waals surface area contributed by atoms with Crippen LogP contribution in [0.15, 0.2) is 48.7 Å². The maximum absolute atomic E-state index is 12.9. The van der Waals surface area contributed by atoms with Crippen LogP contribution in [0, 0.1) is 0 Å². The summed E-state index contributed by atoms with van der Waals surface area (Å²) in [5.74, 6) is -0.0445. The van der Waals surface area contributed by atoms with E-state index in [0.29, 0.717) is 5.56 Å². The number of amides is 1. The number of hydrogen-bond donors (Lipinski definition) is 3. The molecule has 0 spiro atoms. The van der Waals surface area contributed by atoms with Gasteiger partial charge in [-0.1, -0.05) is 29.8 Å². The Balaban J connectivity index is 1.50. The van der Waals surface area contributed by atoms with Crippen LogP contribution in [-0.4, -0.2) is 15.9 Å². The van der Waals surface area contributed by atoms with E-state index in [0.717, 1.165) is 46.4 Å². The number of rotatable bonds is 2. The summed E-state index contributed by atoms with van der Waals surface area (Å²) in [6, 6.07) is 13.8. The van der Waals surface area contributed by atoms with Crippen LogP contribution < -0.4 is 5.32 Å². The normalized spacial score (nSPS) is 16.7. The number of nitrogens with one attached hydrogen (secondary N) is 3. The molecule has 3 N–H and O–H groups in total. The van der Waals surface area contributed by atoms with Gasteiger partial charge in [-0.05, 0) is 49.1 Å². The maximum atomic E-state index is 12.9. The van der Waals surface area contributed by atoms with Crippen molar-refractivity contribution in [3.63, 3.8) is 0 Å². The van der Waals surface area contributed by atoms with E-state index in [9.17, 15) is 4.79 Å². The van der Waals surface area contributed by atoms with E-state index in [1.165, 1.54) is 10.9 Å². The van der Waals surface area contributed by atoms with Gasteiger partial charge in [-0.25, -0.2) is 0 Å². The number of aryl methyl sites for hydroxylation is 1. The van der Waals surface area contributed by atoms with Crippen molar-refractivity contribution in [1.29, 1.82) is 0 Å². The number of carbonyl (C=O) groups excluding carboxylic acids is 1. The first-order chi connectivity index (χ1) is 12.7. The SMILES string of the molecule is O=C(NC1CCCc2c1[nH]c1ccc(Cl)cc21)c1c[nH]c2ccccc12. The van der Waals surface area contributed by atoms with Crippen LogP contribution in [-0.2, 0) is 6.42 Å². The molecule has 5 heteroatoms. The van der Waals surface area contributed by atoms with Gasteiger partial charge in [0.05, 0.1) is 11.6 Å². The molecule has 1 aliphatic carbocycles. The number of H-pyrrole nitrogens is 2. The molecule has 0 fully saturated rings. The van der Waals surface area contributed by atoms with Gasteiger partial charge in [-0.15, -0.1) is 0 Å². The van der Waals surface area contributed by atoms with Crippen molar-refractivity contribution in [2.75, 3.05) is 0 Å². The first kappa shape index (κ1) is 15.5. The molecule has 2 heterocycles. The molecular weight excluding hydrogens is 346 g/mol. The number of benzene rings is 2. The average Bonchev–Trinajstić information content (AvgIpc) is 3.24. The first-order valence-electron chi connectivity index (χ1n) is 8.87. The zero-order valence-electron chi connectivity index (χ0n) is 14.1. The molecule has 0 bridgehead atoms. The first-order valence-corrected chi connectivity index (χ1v) is 9.25. The van der Waals surface area contributed by atoms with Gasteiger partial charge < -0.3 is 15.3 Å². The quantitative estimate of drug-likeness (QED) is 0.455. The van der Waals surface area contributed by atoms with Crippen molar-refractivity contribution in [2.45, 2.75) is 25.3 Å². The van der Waals surface area contributed by atoms with E-state index < -0.39 is 0 Å². The fourth-order valence-corrected chi connectivity index (χ4v) is 4.25. The smallest absolute Gasteiger partial charge is 0.253 e. The number of hydrogen-bond acceptors (Lipinski definition) is 1. The molecule has 130 valence electrons. The lowest BCUT2D eigenvalue weighted by atomic mass is 9.91. The Morgan fingerprint density at radius 2 is 2.00 bits per heavy atom. The molecule has 1 aliphatic rings. The van der Waals surface area contributed by atoms with E-state index in [2.05, 4.69) is 15.3 Å². The molecular formula is C21H18ClN3O. The Morgan fingerprint density at radius 3 is 2.92 bits per heavy atom. The Morgan fingerprint density at radius 1 is 1.12 bits per heavy atom. The van der Waals surface area contributed by atoms with Crippen LogP contribution >= 0.6 is 11.6 Å². The fourth-order valence-electron chi connectivity index (χ4n) is 4.07. The summed E-state index contributed by atoms with van der Waals surface area (Å²) in [4.78, 5) is 19.6. The molecule has 1 atom stereocenters. The molecule has 4 aromatic rings. The van der Waals surface area contributed by atoms with Crippen LogP contribution in [0.2, 0.25) is 5.02 Å². The molecule has 5 rings (SSSR count). The van der Waals surface area contributed by atoms with Gasteiger partial charge in [-0.3, -0.25) is 4.79 Å². The largest absolute Gasteiger partial charge is 0.360 e. The van der Waals surface area contributed by atoms with E-state index in [1.807, 2.05) is 42.5 Å². The van der Waals surface area contributed by atoms with E-state index in [-0.39, 0.29) is 11.9 Å². The highest BCUT2D eigenvalue weighted by molar-refractivity contribution is 6.31.